The summed E-state index contributed by atoms with van der Waals surface area (Å²) in [6.45, 7) is 15.7. The van der Waals surface area contributed by atoms with E-state index in [1.807, 2.05) is 65.0 Å². The van der Waals surface area contributed by atoms with Crippen molar-refractivity contribution in [2.75, 3.05) is 5.73 Å². The molecule has 0 unspecified atom stereocenters. The van der Waals surface area contributed by atoms with Crippen molar-refractivity contribution in [2.24, 2.45) is 0 Å². The summed E-state index contributed by atoms with van der Waals surface area (Å²) in [5.74, 6) is -0.210. The molecule has 0 fully saturated rings. The number of nitrogens with two attached hydrogens (primary N) is 1. The SMILES string of the molecule is C/C=C(\Cc1cccc(N)c1)c1ccc(F)cc1.C=CCCC.CC.CC.OO. The van der Waals surface area contributed by atoms with E-state index in [9.17, 15) is 4.39 Å². The van der Waals surface area contributed by atoms with Gasteiger partial charge in [-0.2, -0.15) is 0 Å². The van der Waals surface area contributed by atoms with E-state index >= 15 is 0 Å². The molecule has 0 bridgehead atoms. The van der Waals surface area contributed by atoms with Crippen LogP contribution in [0.15, 0.2) is 67.3 Å². The smallest absolute Gasteiger partial charge is 0.123 e. The van der Waals surface area contributed by atoms with E-state index in [1.165, 1.54) is 24.1 Å². The minimum absolute atomic E-state index is 0.210. The van der Waals surface area contributed by atoms with Crippen LogP contribution in [0.25, 0.3) is 5.57 Å². The van der Waals surface area contributed by atoms with Crippen LogP contribution in [-0.2, 0) is 6.42 Å². The van der Waals surface area contributed by atoms with Crippen molar-refractivity contribution in [3.05, 3.63) is 84.2 Å². The standard InChI is InChI=1S/C16H16FN.C5H10.2C2H6.H2O2/c1-2-13(14-6-8-15(17)9-7-14)10-12-4-3-5-16(18)11-12;1-3-5-4-2;3*1-2/h2-9,11H,10,18H2,1H3;3H,1,4-5H2,2H3;2*1-2H3;1-2H/b13-2+;;;;. The number of benzene rings is 2. The molecule has 0 aromatic heterocycles. The van der Waals surface area contributed by atoms with Crippen molar-refractivity contribution in [1.82, 2.24) is 0 Å². The second-order valence-corrected chi connectivity index (χ2v) is 5.32. The third-order valence-corrected chi connectivity index (χ3v) is 3.40. The molecule has 0 saturated carbocycles. The maximum atomic E-state index is 12.9. The van der Waals surface area contributed by atoms with Gasteiger partial charge >= 0.3 is 0 Å². The van der Waals surface area contributed by atoms with E-state index in [-0.39, 0.29) is 5.82 Å². The van der Waals surface area contributed by atoms with Gasteiger partial charge in [-0.1, -0.05) is 77.5 Å². The van der Waals surface area contributed by atoms with Gasteiger partial charge in [0, 0.05) is 5.69 Å². The second-order valence-electron chi connectivity index (χ2n) is 5.32. The summed E-state index contributed by atoms with van der Waals surface area (Å²) >= 11 is 0. The summed E-state index contributed by atoms with van der Waals surface area (Å²) < 4.78 is 12.9. The Labute approximate surface area is 177 Å². The highest BCUT2D eigenvalue weighted by molar-refractivity contribution is 5.67. The molecule has 2 aromatic carbocycles. The lowest BCUT2D eigenvalue weighted by molar-refractivity contribution is -0.176. The van der Waals surface area contributed by atoms with E-state index in [0.29, 0.717) is 0 Å². The zero-order valence-corrected chi connectivity index (χ0v) is 19.0. The first-order valence-electron chi connectivity index (χ1n) is 10.2. The summed E-state index contributed by atoms with van der Waals surface area (Å²) in [5.41, 5.74) is 9.90. The Balaban J connectivity index is -0.000000521. The second kappa shape index (κ2) is 23.6. The van der Waals surface area contributed by atoms with Crippen molar-refractivity contribution >= 4 is 11.3 Å². The molecule has 2 aromatic rings. The highest BCUT2D eigenvalue weighted by Crippen LogP contribution is 2.21. The Hall–Kier alpha value is -2.43. The molecule has 0 saturated heterocycles. The fraction of sp³-hybridized carbons (Fsp3) is 0.360. The van der Waals surface area contributed by atoms with Crippen molar-refractivity contribution in [3.8, 4) is 0 Å². The lowest BCUT2D eigenvalue weighted by Gasteiger charge is -2.08. The minimum Gasteiger partial charge on any atom is -0.399 e. The predicted octanol–water partition coefficient (Wildman–Crippen LogP) is 8.10. The van der Waals surface area contributed by atoms with Crippen LogP contribution >= 0.6 is 0 Å². The molecule has 29 heavy (non-hydrogen) atoms. The molecule has 4 N–H and O–H groups in total. The molecule has 0 aliphatic heterocycles. The van der Waals surface area contributed by atoms with Crippen LogP contribution < -0.4 is 5.73 Å². The number of allylic oxidation sites excluding steroid dienone is 3. The topological polar surface area (TPSA) is 66.5 Å². The first-order chi connectivity index (χ1) is 14.1. The lowest BCUT2D eigenvalue weighted by Crippen LogP contribution is -1.93. The molecule has 3 nitrogen and oxygen atoms in total. The number of hydrogen-bond donors (Lipinski definition) is 3. The van der Waals surface area contributed by atoms with Gasteiger partial charge in [-0.05, 0) is 60.7 Å². The van der Waals surface area contributed by atoms with Gasteiger partial charge in [0.25, 0.3) is 0 Å². The summed E-state index contributed by atoms with van der Waals surface area (Å²) in [6, 6.07) is 14.4. The van der Waals surface area contributed by atoms with Crippen molar-refractivity contribution in [3.63, 3.8) is 0 Å². The fourth-order valence-electron chi connectivity index (χ4n) is 2.16. The molecule has 2 rings (SSSR count). The zero-order valence-electron chi connectivity index (χ0n) is 19.0. The largest absolute Gasteiger partial charge is 0.399 e. The molecular weight excluding hydrogens is 365 g/mol. The van der Waals surface area contributed by atoms with Gasteiger partial charge in [0.1, 0.15) is 5.82 Å². The van der Waals surface area contributed by atoms with Gasteiger partial charge in [-0.3, -0.25) is 10.5 Å². The zero-order chi connectivity index (χ0) is 23.1. The Bertz CT molecular complexity index is 638. The normalized spacial score (nSPS) is 9.07. The van der Waals surface area contributed by atoms with Crippen molar-refractivity contribution < 1.29 is 14.9 Å². The number of nitrogen functional groups attached to an aromatic ring is 1. The van der Waals surface area contributed by atoms with Crippen LogP contribution in [0.5, 0.6) is 0 Å². The Morgan fingerprint density at radius 1 is 1.03 bits per heavy atom. The van der Waals surface area contributed by atoms with Crippen molar-refractivity contribution in [1.29, 1.82) is 0 Å². The van der Waals surface area contributed by atoms with Crippen LogP contribution in [-0.4, -0.2) is 10.5 Å². The monoisotopic (exact) mass is 405 g/mol. The highest BCUT2D eigenvalue weighted by Gasteiger charge is 2.03. The van der Waals surface area contributed by atoms with Gasteiger partial charge in [0.15, 0.2) is 0 Å². The van der Waals surface area contributed by atoms with E-state index in [4.69, 9.17) is 16.2 Å². The molecular formula is C25H40FNO2. The lowest BCUT2D eigenvalue weighted by atomic mass is 9.98. The molecule has 0 heterocycles. The number of halogens is 1. The Morgan fingerprint density at radius 2 is 1.59 bits per heavy atom. The van der Waals surface area contributed by atoms with Gasteiger partial charge in [0.2, 0.25) is 0 Å². The Morgan fingerprint density at radius 3 is 1.97 bits per heavy atom. The van der Waals surface area contributed by atoms with E-state index in [2.05, 4.69) is 19.6 Å². The first-order valence-corrected chi connectivity index (χ1v) is 10.2. The van der Waals surface area contributed by atoms with Crippen LogP contribution in [0.4, 0.5) is 10.1 Å². The maximum absolute atomic E-state index is 12.9. The number of unbranched alkanes of at least 4 members (excludes halogenated alkanes) is 1. The number of anilines is 1. The molecule has 0 aliphatic rings. The van der Waals surface area contributed by atoms with Gasteiger partial charge < -0.3 is 5.73 Å². The molecule has 0 atom stereocenters. The summed E-state index contributed by atoms with van der Waals surface area (Å²) in [6.07, 6.45) is 7.16. The van der Waals surface area contributed by atoms with E-state index in [1.54, 1.807) is 12.1 Å². The van der Waals surface area contributed by atoms with Gasteiger partial charge in [0.05, 0.1) is 0 Å². The predicted molar refractivity (Wildman–Crippen MR) is 128 cm³/mol. The summed E-state index contributed by atoms with van der Waals surface area (Å²) in [7, 11) is 0. The molecule has 0 aliphatic carbocycles. The van der Waals surface area contributed by atoms with Crippen LogP contribution in [0.3, 0.4) is 0 Å². The highest BCUT2D eigenvalue weighted by atomic mass is 19.1. The third kappa shape index (κ3) is 16.2. The Kier molecular flexibility index (Phi) is 25.5. The number of rotatable bonds is 5. The van der Waals surface area contributed by atoms with Crippen LogP contribution in [0, 0.1) is 5.82 Å². The van der Waals surface area contributed by atoms with Crippen molar-refractivity contribution in [2.45, 2.75) is 60.8 Å². The molecule has 4 heteroatoms. The first kappa shape index (κ1) is 31.3. The number of hydrogen-bond acceptors (Lipinski definition) is 3. The average molecular weight is 406 g/mol. The minimum atomic E-state index is -0.210. The maximum Gasteiger partial charge on any atom is 0.123 e. The van der Waals surface area contributed by atoms with E-state index < -0.39 is 0 Å². The average Bonchev–Trinajstić information content (AvgIpc) is 2.78. The van der Waals surface area contributed by atoms with E-state index in [0.717, 1.165) is 29.7 Å². The van der Waals surface area contributed by atoms with Crippen LogP contribution in [0.2, 0.25) is 0 Å². The van der Waals surface area contributed by atoms with Gasteiger partial charge in [-0.15, -0.1) is 6.58 Å². The summed E-state index contributed by atoms with van der Waals surface area (Å²) in [4.78, 5) is 0. The third-order valence-electron chi connectivity index (χ3n) is 3.40. The van der Waals surface area contributed by atoms with Crippen LogP contribution in [0.1, 0.15) is 65.5 Å². The fourth-order valence-corrected chi connectivity index (χ4v) is 2.16. The molecule has 0 amide bonds. The quantitative estimate of drug-likeness (QED) is 0.204. The molecule has 164 valence electrons. The molecule has 0 radical (unpaired) electrons. The molecule has 0 spiro atoms. The van der Waals surface area contributed by atoms with Gasteiger partial charge in [-0.25, -0.2) is 4.39 Å². The summed E-state index contributed by atoms with van der Waals surface area (Å²) in [5, 5.41) is 12.0.